The van der Waals surface area contributed by atoms with Crippen LogP contribution in [0, 0.1) is 0 Å². The first-order valence-corrected chi connectivity index (χ1v) is 9.47. The first-order valence-electron chi connectivity index (χ1n) is 9.47. The maximum Gasteiger partial charge on any atom is 0.354 e. The number of methoxy groups -OCH3 is 2. The highest BCUT2D eigenvalue weighted by Gasteiger charge is 2.28. The third-order valence-electron chi connectivity index (χ3n) is 5.35. The SMILES string of the molecule is COC(=O)c1cccn1C1CCN(C(C)C(=O)Nc2ccc(OC)cc2)CC1. The Morgan fingerprint density at radius 3 is 2.39 bits per heavy atom. The molecule has 0 spiro atoms. The molecule has 3 rings (SSSR count). The average Bonchev–Trinajstić information content (AvgIpc) is 3.23. The average molecular weight is 385 g/mol. The minimum absolute atomic E-state index is 0.0279. The normalized spacial score (nSPS) is 16.4. The summed E-state index contributed by atoms with van der Waals surface area (Å²) in [6.07, 6.45) is 3.67. The van der Waals surface area contributed by atoms with Gasteiger partial charge in [-0.2, -0.15) is 0 Å². The molecule has 2 heterocycles. The first kappa shape index (κ1) is 19.9. The van der Waals surface area contributed by atoms with Crippen LogP contribution in [0.1, 0.15) is 36.3 Å². The Balaban J connectivity index is 1.56. The molecule has 0 aliphatic carbocycles. The number of aromatic nitrogens is 1. The van der Waals surface area contributed by atoms with E-state index in [4.69, 9.17) is 9.47 Å². The van der Waals surface area contributed by atoms with E-state index in [1.54, 1.807) is 13.2 Å². The molecule has 0 radical (unpaired) electrons. The standard InChI is InChI=1S/C21H27N3O4/c1-15(20(25)22-16-6-8-18(27-2)9-7-16)23-13-10-17(11-14-23)24-12-4-5-19(24)21(26)28-3/h4-9,12,15,17H,10-11,13-14H2,1-3H3,(H,22,25). The quantitative estimate of drug-likeness (QED) is 0.774. The number of rotatable bonds is 6. The van der Waals surface area contributed by atoms with Crippen molar-refractivity contribution in [1.29, 1.82) is 0 Å². The van der Waals surface area contributed by atoms with Crippen LogP contribution in [0.4, 0.5) is 5.69 Å². The number of amides is 1. The van der Waals surface area contributed by atoms with E-state index < -0.39 is 0 Å². The second kappa shape index (κ2) is 8.93. The van der Waals surface area contributed by atoms with Crippen molar-refractivity contribution in [3.63, 3.8) is 0 Å². The zero-order chi connectivity index (χ0) is 20.1. The number of anilines is 1. The van der Waals surface area contributed by atoms with Gasteiger partial charge in [0.2, 0.25) is 5.91 Å². The summed E-state index contributed by atoms with van der Waals surface area (Å²) >= 11 is 0. The van der Waals surface area contributed by atoms with Crippen molar-refractivity contribution >= 4 is 17.6 Å². The number of likely N-dealkylation sites (tertiary alicyclic amines) is 1. The molecular formula is C21H27N3O4. The van der Waals surface area contributed by atoms with Gasteiger partial charge in [0.25, 0.3) is 0 Å². The highest BCUT2D eigenvalue weighted by atomic mass is 16.5. The number of nitrogens with one attached hydrogen (secondary N) is 1. The van der Waals surface area contributed by atoms with Crippen molar-refractivity contribution in [2.75, 3.05) is 32.6 Å². The van der Waals surface area contributed by atoms with Crippen LogP contribution < -0.4 is 10.1 Å². The second-order valence-electron chi connectivity index (χ2n) is 6.95. The first-order chi connectivity index (χ1) is 13.5. The Kier molecular flexibility index (Phi) is 6.36. The van der Waals surface area contributed by atoms with E-state index in [0.29, 0.717) is 5.69 Å². The zero-order valence-electron chi connectivity index (χ0n) is 16.6. The van der Waals surface area contributed by atoms with E-state index >= 15 is 0 Å². The number of piperidine rings is 1. The summed E-state index contributed by atoms with van der Waals surface area (Å²) < 4.78 is 12.0. The third kappa shape index (κ3) is 4.36. The van der Waals surface area contributed by atoms with Crippen LogP contribution in [0.15, 0.2) is 42.6 Å². The number of nitrogens with zero attached hydrogens (tertiary/aromatic N) is 2. The Morgan fingerprint density at radius 1 is 1.11 bits per heavy atom. The summed E-state index contributed by atoms with van der Waals surface area (Å²) in [6, 6.07) is 11.0. The molecule has 0 saturated carbocycles. The smallest absolute Gasteiger partial charge is 0.354 e. The molecular weight excluding hydrogens is 358 g/mol. The molecule has 1 saturated heterocycles. The van der Waals surface area contributed by atoms with Gasteiger partial charge in [0.1, 0.15) is 11.4 Å². The van der Waals surface area contributed by atoms with Gasteiger partial charge in [-0.1, -0.05) is 0 Å². The molecule has 1 aromatic carbocycles. The van der Waals surface area contributed by atoms with Gasteiger partial charge >= 0.3 is 5.97 Å². The van der Waals surface area contributed by atoms with Crippen molar-refractivity contribution in [2.24, 2.45) is 0 Å². The lowest BCUT2D eigenvalue weighted by atomic mass is 10.0. The number of hydrogen-bond donors (Lipinski definition) is 1. The van der Waals surface area contributed by atoms with Gasteiger partial charge in [-0.15, -0.1) is 0 Å². The molecule has 1 unspecified atom stereocenters. The molecule has 150 valence electrons. The molecule has 1 aromatic heterocycles. The molecule has 1 atom stereocenters. The van der Waals surface area contributed by atoms with Crippen LogP contribution >= 0.6 is 0 Å². The lowest BCUT2D eigenvalue weighted by molar-refractivity contribution is -0.121. The molecule has 2 aromatic rings. The molecule has 1 fully saturated rings. The van der Waals surface area contributed by atoms with Crippen LogP contribution in [-0.2, 0) is 9.53 Å². The Morgan fingerprint density at radius 2 is 1.79 bits per heavy atom. The summed E-state index contributed by atoms with van der Waals surface area (Å²) in [5.74, 6) is 0.406. The number of carbonyl (C=O) groups excluding carboxylic acids is 2. The maximum atomic E-state index is 12.6. The number of ether oxygens (including phenoxy) is 2. The number of esters is 1. The summed E-state index contributed by atoms with van der Waals surface area (Å²) in [4.78, 5) is 26.7. The van der Waals surface area contributed by atoms with Crippen LogP contribution in [0.25, 0.3) is 0 Å². The fraction of sp³-hybridized carbons (Fsp3) is 0.429. The molecule has 1 aliphatic rings. The van der Waals surface area contributed by atoms with E-state index in [9.17, 15) is 9.59 Å². The van der Waals surface area contributed by atoms with Crippen LogP contribution in [0.5, 0.6) is 5.75 Å². The van der Waals surface area contributed by atoms with E-state index in [1.165, 1.54) is 7.11 Å². The largest absolute Gasteiger partial charge is 0.497 e. The Bertz CT molecular complexity index is 807. The lowest BCUT2D eigenvalue weighted by Gasteiger charge is -2.36. The van der Waals surface area contributed by atoms with E-state index in [-0.39, 0.29) is 24.0 Å². The Hall–Kier alpha value is -2.80. The van der Waals surface area contributed by atoms with Crippen molar-refractivity contribution < 1.29 is 19.1 Å². The third-order valence-corrected chi connectivity index (χ3v) is 5.35. The van der Waals surface area contributed by atoms with Crippen LogP contribution in [-0.4, -0.2) is 54.7 Å². The van der Waals surface area contributed by atoms with E-state index in [0.717, 1.165) is 37.4 Å². The molecule has 7 heteroatoms. The van der Waals surface area contributed by atoms with Gasteiger partial charge in [-0.25, -0.2) is 4.79 Å². The molecule has 1 aliphatic heterocycles. The number of hydrogen-bond acceptors (Lipinski definition) is 5. The van der Waals surface area contributed by atoms with Gasteiger partial charge in [0.15, 0.2) is 0 Å². The lowest BCUT2D eigenvalue weighted by Crippen LogP contribution is -2.46. The van der Waals surface area contributed by atoms with Crippen molar-refractivity contribution in [3.05, 3.63) is 48.3 Å². The topological polar surface area (TPSA) is 72.8 Å². The summed E-state index contributed by atoms with van der Waals surface area (Å²) in [6.45, 7) is 3.51. The van der Waals surface area contributed by atoms with Crippen molar-refractivity contribution in [1.82, 2.24) is 9.47 Å². The highest BCUT2D eigenvalue weighted by Crippen LogP contribution is 2.26. The van der Waals surface area contributed by atoms with Gasteiger partial charge in [-0.05, 0) is 56.2 Å². The minimum atomic E-state index is -0.320. The fourth-order valence-electron chi connectivity index (χ4n) is 3.63. The molecule has 7 nitrogen and oxygen atoms in total. The summed E-state index contributed by atoms with van der Waals surface area (Å²) in [5.41, 5.74) is 1.33. The van der Waals surface area contributed by atoms with Crippen molar-refractivity contribution in [3.8, 4) is 5.75 Å². The van der Waals surface area contributed by atoms with Gasteiger partial charge in [-0.3, -0.25) is 9.69 Å². The molecule has 1 N–H and O–H groups in total. The number of carbonyl (C=O) groups is 2. The predicted molar refractivity (Wildman–Crippen MR) is 107 cm³/mol. The van der Waals surface area contributed by atoms with Crippen LogP contribution in [0.2, 0.25) is 0 Å². The Labute approximate surface area is 165 Å². The zero-order valence-corrected chi connectivity index (χ0v) is 16.6. The van der Waals surface area contributed by atoms with E-state index in [1.807, 2.05) is 48.0 Å². The maximum absolute atomic E-state index is 12.6. The second-order valence-corrected chi connectivity index (χ2v) is 6.95. The molecule has 0 bridgehead atoms. The summed E-state index contributed by atoms with van der Waals surface area (Å²) in [5, 5.41) is 2.96. The predicted octanol–water partition coefficient (Wildman–Crippen LogP) is 2.95. The van der Waals surface area contributed by atoms with Gasteiger partial charge in [0.05, 0.1) is 20.3 Å². The number of benzene rings is 1. The minimum Gasteiger partial charge on any atom is -0.497 e. The van der Waals surface area contributed by atoms with Crippen LogP contribution in [0.3, 0.4) is 0 Å². The monoisotopic (exact) mass is 385 g/mol. The van der Waals surface area contributed by atoms with Gasteiger partial charge in [0, 0.05) is 31.0 Å². The van der Waals surface area contributed by atoms with E-state index in [2.05, 4.69) is 10.2 Å². The molecule has 28 heavy (non-hydrogen) atoms. The highest BCUT2D eigenvalue weighted by molar-refractivity contribution is 5.94. The summed E-state index contributed by atoms with van der Waals surface area (Å²) in [7, 11) is 3.01. The van der Waals surface area contributed by atoms with Gasteiger partial charge < -0.3 is 19.4 Å². The molecule has 1 amide bonds. The fourth-order valence-corrected chi connectivity index (χ4v) is 3.63. The van der Waals surface area contributed by atoms with Crippen molar-refractivity contribution in [2.45, 2.75) is 31.8 Å².